The average Bonchev–Trinajstić information content (AvgIpc) is 3.78. The molecule has 0 aliphatic heterocycles. The smallest absolute Gasteiger partial charge is 0.373 e. The van der Waals surface area contributed by atoms with Crippen molar-refractivity contribution >= 4 is 82.3 Å². The van der Waals surface area contributed by atoms with Crippen LogP contribution in [0.3, 0.4) is 0 Å². The molecule has 0 aliphatic rings. The molecule has 2 aromatic carbocycles. The average molecular weight is 797 g/mol. The molecule has 0 N–H and O–H groups in total. The number of rotatable bonds is 27. The summed E-state index contributed by atoms with van der Waals surface area (Å²) in [7, 11) is -2.51. The summed E-state index contributed by atoms with van der Waals surface area (Å²) < 4.78 is 42.2. The summed E-state index contributed by atoms with van der Waals surface area (Å²) >= 11 is 3.49. The maximum Gasteiger partial charge on any atom is 0.502 e. The number of nitrogens with zero attached hydrogens (tertiary/aromatic N) is 2. The predicted octanol–water partition coefficient (Wildman–Crippen LogP) is 11.5. The Kier molecular flexibility index (Phi) is 18.7. The van der Waals surface area contributed by atoms with Crippen LogP contribution in [0.1, 0.15) is 101 Å². The lowest BCUT2D eigenvalue weighted by Gasteiger charge is -2.33. The van der Waals surface area contributed by atoms with Crippen LogP contribution in [0.25, 0.3) is 20.4 Å². The Morgan fingerprint density at radius 2 is 0.800 bits per heavy atom. The van der Waals surface area contributed by atoms with E-state index >= 15 is 0 Å². The van der Waals surface area contributed by atoms with Gasteiger partial charge in [-0.3, -0.25) is 0 Å². The van der Waals surface area contributed by atoms with Crippen molar-refractivity contribution in [3.05, 3.63) is 58.5 Å². The van der Waals surface area contributed by atoms with Gasteiger partial charge in [-0.15, -0.1) is 22.7 Å². The highest BCUT2D eigenvalue weighted by Gasteiger charge is 2.47. The molecule has 50 heavy (non-hydrogen) atoms. The standard InChI is InChI=1S/C36H56N2O6S4Si2/c1-7-21-39-49(40-22-8-2,41-23-9-3)27-33(35-37-29-17-13-15-19-31(29)45-35)47-48-34(36-38-30-18-14-16-20-32(30)46-36)28-50(42-24-10-4,43-25-11-5)44-26-12-6/h13-20,33-34H,7-12,21-28H2,1-6H3. The van der Waals surface area contributed by atoms with Crippen LogP contribution < -0.4 is 0 Å². The number of thiazole rings is 2. The second kappa shape index (κ2) is 22.4. The molecule has 2 aromatic heterocycles. The minimum Gasteiger partial charge on any atom is -0.373 e. The summed E-state index contributed by atoms with van der Waals surface area (Å²) in [6, 6.07) is 18.0. The first kappa shape index (κ1) is 41.9. The number of hydrogen-bond acceptors (Lipinski definition) is 12. The Morgan fingerprint density at radius 3 is 1.08 bits per heavy atom. The van der Waals surface area contributed by atoms with Crippen LogP contribution in [0.15, 0.2) is 48.5 Å². The molecule has 2 unspecified atom stereocenters. The predicted molar refractivity (Wildman–Crippen MR) is 218 cm³/mol. The minimum absolute atomic E-state index is 0.0349. The van der Waals surface area contributed by atoms with Crippen molar-refractivity contribution in [1.82, 2.24) is 9.97 Å². The Balaban J connectivity index is 1.76. The normalized spacial score (nSPS) is 13.8. The van der Waals surface area contributed by atoms with Crippen molar-refractivity contribution < 1.29 is 26.6 Å². The first-order chi connectivity index (χ1) is 24.4. The Hall–Kier alpha value is -0.886. The van der Waals surface area contributed by atoms with Crippen molar-refractivity contribution in [2.45, 2.75) is 103 Å². The number of para-hydroxylation sites is 2. The SMILES string of the molecule is CCCO[Si](CC(SSC(C[Si](OCCC)(OCCC)OCCC)c1nc2ccccc2s1)c1nc2ccccc2s1)(OCCC)OCCC. The summed E-state index contributed by atoms with van der Waals surface area (Å²) in [5, 5.41) is 2.04. The van der Waals surface area contributed by atoms with Gasteiger partial charge in [-0.05, 0) is 62.8 Å². The highest BCUT2D eigenvalue weighted by molar-refractivity contribution is 8.76. The molecule has 278 valence electrons. The van der Waals surface area contributed by atoms with E-state index in [-0.39, 0.29) is 10.5 Å². The van der Waals surface area contributed by atoms with Crippen LogP contribution in [-0.4, -0.2) is 67.2 Å². The van der Waals surface area contributed by atoms with Crippen LogP contribution in [0.2, 0.25) is 12.1 Å². The number of aromatic nitrogens is 2. The molecular formula is C36H56N2O6S4Si2. The first-order valence-electron chi connectivity index (χ1n) is 18.3. The quantitative estimate of drug-likeness (QED) is 0.0430. The molecule has 0 saturated heterocycles. The van der Waals surface area contributed by atoms with Crippen molar-refractivity contribution in [1.29, 1.82) is 0 Å². The fourth-order valence-corrected chi connectivity index (χ4v) is 18.7. The number of benzene rings is 2. The largest absolute Gasteiger partial charge is 0.502 e. The van der Waals surface area contributed by atoms with Gasteiger partial charge in [0.2, 0.25) is 0 Å². The van der Waals surface area contributed by atoms with Crippen LogP contribution in [-0.2, 0) is 26.6 Å². The van der Waals surface area contributed by atoms with Gasteiger partial charge in [0.15, 0.2) is 0 Å². The monoisotopic (exact) mass is 796 g/mol. The molecule has 0 bridgehead atoms. The molecule has 2 atom stereocenters. The van der Waals surface area contributed by atoms with Crippen LogP contribution in [0, 0.1) is 0 Å². The third kappa shape index (κ3) is 12.3. The fourth-order valence-electron chi connectivity index (χ4n) is 5.12. The molecule has 0 spiro atoms. The highest BCUT2D eigenvalue weighted by atomic mass is 33.1. The van der Waals surface area contributed by atoms with E-state index < -0.39 is 17.6 Å². The van der Waals surface area contributed by atoms with Gasteiger partial charge >= 0.3 is 17.6 Å². The van der Waals surface area contributed by atoms with E-state index in [0.29, 0.717) is 51.7 Å². The number of hydrogen-bond donors (Lipinski definition) is 0. The Bertz CT molecular complexity index is 1310. The van der Waals surface area contributed by atoms with Gasteiger partial charge in [-0.2, -0.15) is 0 Å². The lowest BCUT2D eigenvalue weighted by Crippen LogP contribution is -2.47. The lowest BCUT2D eigenvalue weighted by atomic mass is 10.3. The van der Waals surface area contributed by atoms with Gasteiger partial charge < -0.3 is 26.6 Å². The summed E-state index contributed by atoms with van der Waals surface area (Å²) in [6.45, 7) is 16.4. The van der Waals surface area contributed by atoms with Gasteiger partial charge in [0.25, 0.3) is 0 Å². The molecule has 8 nitrogen and oxygen atoms in total. The summed E-state index contributed by atoms with van der Waals surface area (Å²) in [5.74, 6) is 0. The molecule has 2 heterocycles. The molecule has 0 fully saturated rings. The highest BCUT2D eigenvalue weighted by Crippen LogP contribution is 2.54. The topological polar surface area (TPSA) is 81.2 Å². The van der Waals surface area contributed by atoms with Crippen LogP contribution in [0.5, 0.6) is 0 Å². The molecule has 0 radical (unpaired) electrons. The van der Waals surface area contributed by atoms with Crippen molar-refractivity contribution in [3.8, 4) is 0 Å². The minimum atomic E-state index is -3.08. The molecule has 14 heteroatoms. The zero-order valence-corrected chi connectivity index (χ0v) is 35.9. The first-order valence-corrected chi connectivity index (χ1v) is 26.1. The van der Waals surface area contributed by atoms with Crippen LogP contribution >= 0.6 is 44.3 Å². The third-order valence-electron chi connectivity index (χ3n) is 7.49. The molecule has 0 saturated carbocycles. The van der Waals surface area contributed by atoms with Crippen LogP contribution in [0.4, 0.5) is 0 Å². The van der Waals surface area contributed by atoms with Gasteiger partial charge in [-0.1, -0.05) is 87.4 Å². The maximum atomic E-state index is 6.64. The molecule has 0 aliphatic carbocycles. The van der Waals surface area contributed by atoms with Gasteiger partial charge in [0.05, 0.1) is 30.9 Å². The second-order valence-electron chi connectivity index (χ2n) is 12.1. The molecular weight excluding hydrogens is 741 g/mol. The summed E-state index contributed by atoms with van der Waals surface area (Å²) in [5.41, 5.74) is 2.02. The van der Waals surface area contributed by atoms with E-state index in [9.17, 15) is 0 Å². The van der Waals surface area contributed by atoms with E-state index in [1.807, 2.05) is 21.6 Å². The Morgan fingerprint density at radius 1 is 0.500 bits per heavy atom. The van der Waals surface area contributed by atoms with E-state index in [4.69, 9.17) is 36.5 Å². The molecule has 4 rings (SSSR count). The summed E-state index contributed by atoms with van der Waals surface area (Å²) in [6.07, 6.45) is 5.38. The Labute approximate surface area is 317 Å². The molecule has 0 amide bonds. The maximum absolute atomic E-state index is 6.64. The third-order valence-corrected chi connectivity index (χ3v) is 19.4. The fraction of sp³-hybridized carbons (Fsp3) is 0.611. The molecule has 4 aromatic rings. The van der Waals surface area contributed by atoms with Crippen molar-refractivity contribution in [2.75, 3.05) is 39.6 Å². The summed E-state index contributed by atoms with van der Waals surface area (Å²) in [4.78, 5) is 10.4. The van der Waals surface area contributed by atoms with Crippen molar-refractivity contribution in [2.24, 2.45) is 0 Å². The lowest BCUT2D eigenvalue weighted by molar-refractivity contribution is 0.0584. The second-order valence-corrected chi connectivity index (χ2v) is 22.2. The van der Waals surface area contributed by atoms with E-state index in [0.717, 1.165) is 59.6 Å². The van der Waals surface area contributed by atoms with Crippen molar-refractivity contribution in [3.63, 3.8) is 0 Å². The zero-order valence-electron chi connectivity index (χ0n) is 30.6. The van der Waals surface area contributed by atoms with E-state index in [1.54, 1.807) is 22.7 Å². The van der Waals surface area contributed by atoms with Gasteiger partial charge in [-0.25, -0.2) is 9.97 Å². The van der Waals surface area contributed by atoms with E-state index in [1.165, 1.54) is 9.40 Å². The van der Waals surface area contributed by atoms with E-state index in [2.05, 4.69) is 90.1 Å². The zero-order chi connectivity index (χ0) is 35.7. The van der Waals surface area contributed by atoms with Gasteiger partial charge in [0, 0.05) is 51.7 Å². The number of fused-ring (bicyclic) bond motifs is 2. The van der Waals surface area contributed by atoms with Gasteiger partial charge in [0.1, 0.15) is 10.0 Å².